The maximum atomic E-state index is 14.2. The van der Waals surface area contributed by atoms with Crippen molar-refractivity contribution in [2.45, 2.75) is 13.8 Å². The van der Waals surface area contributed by atoms with Crippen molar-refractivity contribution in [2.24, 2.45) is 0 Å². The highest BCUT2D eigenvalue weighted by molar-refractivity contribution is 5.96. The van der Waals surface area contributed by atoms with E-state index < -0.39 is 11.8 Å². The molecule has 0 aliphatic carbocycles. The van der Waals surface area contributed by atoms with Gasteiger partial charge in [0.25, 0.3) is 0 Å². The molecule has 0 saturated carbocycles. The number of fused-ring (bicyclic) bond motifs is 1. The van der Waals surface area contributed by atoms with E-state index in [0.717, 1.165) is 0 Å². The summed E-state index contributed by atoms with van der Waals surface area (Å²) in [7, 11) is 1.51. The highest BCUT2D eigenvalue weighted by Gasteiger charge is 2.18. The predicted molar refractivity (Wildman–Crippen MR) is 85.6 cm³/mol. The van der Waals surface area contributed by atoms with Crippen LogP contribution in [0.3, 0.4) is 0 Å². The van der Waals surface area contributed by atoms with Gasteiger partial charge < -0.3 is 9.47 Å². The third-order valence-electron chi connectivity index (χ3n) is 3.59. The topological polar surface area (TPSA) is 65.7 Å². The van der Waals surface area contributed by atoms with Gasteiger partial charge in [0.05, 0.1) is 25.6 Å². The molecule has 0 aliphatic heterocycles. The average Bonchev–Trinajstić information content (AvgIpc) is 3.00. The molecule has 6 nitrogen and oxygen atoms in total. The summed E-state index contributed by atoms with van der Waals surface area (Å²) in [6.07, 6.45) is 1.40. The summed E-state index contributed by atoms with van der Waals surface area (Å²) in [6.45, 7) is 3.77. The first-order valence-electron chi connectivity index (χ1n) is 7.41. The second-order valence-electron chi connectivity index (χ2n) is 5.14. The van der Waals surface area contributed by atoms with E-state index in [-0.39, 0.29) is 17.7 Å². The first-order chi connectivity index (χ1) is 11.5. The number of halogens is 1. The van der Waals surface area contributed by atoms with Crippen molar-refractivity contribution in [2.75, 3.05) is 13.7 Å². The van der Waals surface area contributed by atoms with Crippen molar-refractivity contribution < 1.29 is 18.7 Å². The van der Waals surface area contributed by atoms with E-state index in [1.54, 1.807) is 26.0 Å². The van der Waals surface area contributed by atoms with E-state index in [4.69, 9.17) is 9.47 Å². The molecule has 0 N–H and O–H groups in total. The number of aromatic nitrogens is 3. The fourth-order valence-electron chi connectivity index (χ4n) is 2.43. The number of carbonyl (C=O) groups is 1. The Hall–Kier alpha value is -2.96. The van der Waals surface area contributed by atoms with Gasteiger partial charge in [-0.25, -0.2) is 18.7 Å². The summed E-state index contributed by atoms with van der Waals surface area (Å²) in [6, 6.07) is 6.12. The quantitative estimate of drug-likeness (QED) is 0.688. The van der Waals surface area contributed by atoms with E-state index in [2.05, 4.69) is 10.1 Å². The third-order valence-corrected chi connectivity index (χ3v) is 3.59. The Morgan fingerprint density at radius 3 is 2.83 bits per heavy atom. The van der Waals surface area contributed by atoms with E-state index in [1.807, 2.05) is 0 Å². The molecule has 0 aliphatic rings. The molecule has 2 aromatic heterocycles. The summed E-state index contributed by atoms with van der Waals surface area (Å²) in [5.41, 5.74) is 1.96. The number of carbonyl (C=O) groups excluding carboxylic acids is 1. The summed E-state index contributed by atoms with van der Waals surface area (Å²) in [5, 5.41) is 4.15. The van der Waals surface area contributed by atoms with E-state index in [0.29, 0.717) is 22.8 Å². The highest BCUT2D eigenvalue weighted by Crippen LogP contribution is 2.27. The Morgan fingerprint density at radius 1 is 1.33 bits per heavy atom. The number of hydrogen-bond donors (Lipinski definition) is 0. The van der Waals surface area contributed by atoms with Crippen molar-refractivity contribution in [3.63, 3.8) is 0 Å². The molecule has 3 aromatic rings. The average molecular weight is 329 g/mol. The zero-order valence-corrected chi connectivity index (χ0v) is 13.5. The van der Waals surface area contributed by atoms with Gasteiger partial charge in [-0.3, -0.25) is 0 Å². The lowest BCUT2D eigenvalue weighted by atomic mass is 10.1. The van der Waals surface area contributed by atoms with Gasteiger partial charge in [-0.1, -0.05) is 0 Å². The number of methoxy groups -OCH3 is 1. The van der Waals surface area contributed by atoms with Crippen molar-refractivity contribution in [1.29, 1.82) is 0 Å². The molecule has 0 bridgehead atoms. The Balaban J connectivity index is 2.20. The Kier molecular flexibility index (Phi) is 4.16. The minimum atomic E-state index is -0.511. The van der Waals surface area contributed by atoms with Crippen molar-refractivity contribution >= 4 is 11.6 Å². The smallest absolute Gasteiger partial charge is 0.343 e. The van der Waals surface area contributed by atoms with Crippen LogP contribution in [-0.2, 0) is 4.74 Å². The number of hydrogen-bond acceptors (Lipinski definition) is 5. The van der Waals surface area contributed by atoms with Crippen LogP contribution in [0.15, 0.2) is 30.5 Å². The normalized spacial score (nSPS) is 10.8. The molecule has 24 heavy (non-hydrogen) atoms. The maximum absolute atomic E-state index is 14.2. The number of benzene rings is 1. The molecular formula is C17H16FN3O3. The minimum absolute atomic E-state index is 0.241. The first kappa shape index (κ1) is 15.9. The lowest BCUT2D eigenvalue weighted by Crippen LogP contribution is -2.06. The van der Waals surface area contributed by atoms with Gasteiger partial charge in [0.1, 0.15) is 17.1 Å². The molecule has 124 valence electrons. The molecule has 2 heterocycles. The Morgan fingerprint density at radius 2 is 2.12 bits per heavy atom. The van der Waals surface area contributed by atoms with Crippen molar-refractivity contribution in [1.82, 2.24) is 14.6 Å². The number of aryl methyl sites for hydroxylation is 1. The van der Waals surface area contributed by atoms with Gasteiger partial charge >= 0.3 is 5.97 Å². The van der Waals surface area contributed by atoms with Crippen LogP contribution in [0.4, 0.5) is 4.39 Å². The van der Waals surface area contributed by atoms with E-state index in [9.17, 15) is 9.18 Å². The number of esters is 1. The first-order valence-corrected chi connectivity index (χ1v) is 7.41. The molecule has 0 spiro atoms. The summed E-state index contributed by atoms with van der Waals surface area (Å²) in [4.78, 5) is 16.4. The zero-order chi connectivity index (χ0) is 17.3. The van der Waals surface area contributed by atoms with Gasteiger partial charge in [0.15, 0.2) is 5.65 Å². The van der Waals surface area contributed by atoms with Crippen LogP contribution < -0.4 is 4.74 Å². The van der Waals surface area contributed by atoms with E-state index in [1.165, 1.54) is 30.0 Å². The molecule has 0 amide bonds. The summed E-state index contributed by atoms with van der Waals surface area (Å²) < 4.78 is 25.9. The standard InChI is InChI=1S/C17H16FN3O3/c1-4-24-17(22)13-9-19-21-10(2)7-15(20-16(13)21)12-8-11(23-3)5-6-14(12)18/h5-9H,4H2,1-3H3. The van der Waals surface area contributed by atoms with Gasteiger partial charge in [0, 0.05) is 11.3 Å². The van der Waals surface area contributed by atoms with Crippen LogP contribution in [0.1, 0.15) is 23.0 Å². The molecule has 0 fully saturated rings. The van der Waals surface area contributed by atoms with Gasteiger partial charge in [-0.2, -0.15) is 5.10 Å². The monoisotopic (exact) mass is 329 g/mol. The SMILES string of the molecule is CCOC(=O)c1cnn2c(C)cc(-c3cc(OC)ccc3F)nc12. The highest BCUT2D eigenvalue weighted by atomic mass is 19.1. The van der Waals surface area contributed by atoms with Crippen LogP contribution in [0.5, 0.6) is 5.75 Å². The molecule has 0 saturated heterocycles. The van der Waals surface area contributed by atoms with E-state index >= 15 is 0 Å². The number of nitrogens with zero attached hydrogens (tertiary/aromatic N) is 3. The van der Waals surface area contributed by atoms with Crippen LogP contribution >= 0.6 is 0 Å². The molecular weight excluding hydrogens is 313 g/mol. The second-order valence-corrected chi connectivity index (χ2v) is 5.14. The van der Waals surface area contributed by atoms with Crippen LogP contribution in [-0.4, -0.2) is 34.3 Å². The number of ether oxygens (including phenoxy) is 2. The zero-order valence-electron chi connectivity index (χ0n) is 13.5. The lowest BCUT2D eigenvalue weighted by molar-refractivity contribution is 0.0528. The molecule has 1 aromatic carbocycles. The Labute approximate surface area is 137 Å². The van der Waals surface area contributed by atoms with Crippen LogP contribution in [0, 0.1) is 12.7 Å². The predicted octanol–water partition coefficient (Wildman–Crippen LogP) is 3.03. The van der Waals surface area contributed by atoms with Crippen molar-refractivity contribution in [3.05, 3.63) is 47.5 Å². The largest absolute Gasteiger partial charge is 0.497 e. The molecule has 7 heteroatoms. The lowest BCUT2D eigenvalue weighted by Gasteiger charge is -2.08. The fourth-order valence-corrected chi connectivity index (χ4v) is 2.43. The molecule has 0 radical (unpaired) electrons. The van der Waals surface area contributed by atoms with Crippen LogP contribution in [0.2, 0.25) is 0 Å². The van der Waals surface area contributed by atoms with Crippen molar-refractivity contribution in [3.8, 4) is 17.0 Å². The molecule has 0 atom stereocenters. The molecule has 0 unspecified atom stereocenters. The second kappa shape index (κ2) is 6.27. The third kappa shape index (κ3) is 2.68. The maximum Gasteiger partial charge on any atom is 0.343 e. The fraction of sp³-hybridized carbons (Fsp3) is 0.235. The number of rotatable bonds is 4. The molecule has 3 rings (SSSR count). The van der Waals surface area contributed by atoms with Gasteiger partial charge in [-0.05, 0) is 38.1 Å². The Bertz CT molecular complexity index is 921. The van der Waals surface area contributed by atoms with Crippen LogP contribution in [0.25, 0.3) is 16.9 Å². The summed E-state index contributed by atoms with van der Waals surface area (Å²) in [5.74, 6) is -0.420. The summed E-state index contributed by atoms with van der Waals surface area (Å²) >= 11 is 0. The van der Waals surface area contributed by atoms with Gasteiger partial charge in [-0.15, -0.1) is 0 Å². The minimum Gasteiger partial charge on any atom is -0.497 e. The van der Waals surface area contributed by atoms with Gasteiger partial charge in [0.2, 0.25) is 0 Å².